The van der Waals surface area contributed by atoms with Gasteiger partial charge in [-0.25, -0.2) is 0 Å². The van der Waals surface area contributed by atoms with Crippen LogP contribution in [0.3, 0.4) is 0 Å². The first kappa shape index (κ1) is 17.4. The topological polar surface area (TPSA) is 50.8 Å². The van der Waals surface area contributed by atoms with Gasteiger partial charge in [0.2, 0.25) is 0 Å². The number of rotatable bonds is 9. The Hall–Kier alpha value is -0.650. The van der Waals surface area contributed by atoms with E-state index in [4.69, 9.17) is 9.47 Å². The van der Waals surface area contributed by atoms with E-state index >= 15 is 0 Å². The van der Waals surface area contributed by atoms with Gasteiger partial charge in [-0.05, 0) is 46.2 Å². The molecule has 0 saturated carbocycles. The molecule has 1 aliphatic rings. The second kappa shape index (κ2) is 10.1. The molecular weight excluding hydrogens is 256 g/mol. The minimum absolute atomic E-state index is 0.124. The lowest BCUT2D eigenvalue weighted by molar-refractivity contribution is -0.146. The number of carbonyl (C=O) groups is 1. The Bertz CT molecular complexity index is 268. The number of nitrogens with zero attached hydrogens (tertiary/aromatic N) is 1. The van der Waals surface area contributed by atoms with Crippen molar-refractivity contribution in [3.63, 3.8) is 0 Å². The van der Waals surface area contributed by atoms with Crippen molar-refractivity contribution in [2.24, 2.45) is 0 Å². The van der Waals surface area contributed by atoms with Crippen molar-refractivity contribution >= 4 is 5.97 Å². The van der Waals surface area contributed by atoms with Gasteiger partial charge in [0.1, 0.15) is 6.04 Å². The number of ether oxygens (including phenoxy) is 2. The van der Waals surface area contributed by atoms with E-state index in [1.54, 1.807) is 0 Å². The summed E-state index contributed by atoms with van der Waals surface area (Å²) in [5, 5.41) is 3.29. The van der Waals surface area contributed by atoms with Gasteiger partial charge in [-0.15, -0.1) is 0 Å². The zero-order valence-electron chi connectivity index (χ0n) is 13.2. The molecule has 0 spiro atoms. The van der Waals surface area contributed by atoms with Crippen LogP contribution in [0.25, 0.3) is 0 Å². The average Bonchev–Trinajstić information content (AvgIpc) is 2.48. The quantitative estimate of drug-likeness (QED) is 0.650. The highest BCUT2D eigenvalue weighted by molar-refractivity contribution is 5.75. The molecule has 20 heavy (non-hydrogen) atoms. The molecule has 0 amide bonds. The molecule has 1 fully saturated rings. The highest BCUT2D eigenvalue weighted by Gasteiger charge is 2.22. The van der Waals surface area contributed by atoms with Crippen molar-refractivity contribution in [1.29, 1.82) is 0 Å². The molecule has 1 unspecified atom stereocenters. The molecule has 1 N–H and O–H groups in total. The summed E-state index contributed by atoms with van der Waals surface area (Å²) in [5.41, 5.74) is 0. The van der Waals surface area contributed by atoms with Gasteiger partial charge in [-0.3, -0.25) is 4.79 Å². The van der Waals surface area contributed by atoms with E-state index in [9.17, 15) is 4.79 Å². The summed E-state index contributed by atoms with van der Waals surface area (Å²) in [5.74, 6) is -0.124. The fourth-order valence-electron chi connectivity index (χ4n) is 2.51. The Labute approximate surface area is 123 Å². The van der Waals surface area contributed by atoms with Gasteiger partial charge >= 0.3 is 5.97 Å². The first-order chi connectivity index (χ1) is 9.69. The summed E-state index contributed by atoms with van der Waals surface area (Å²) in [6, 6.07) is 0.398. The lowest BCUT2D eigenvalue weighted by Crippen LogP contribution is -2.43. The highest BCUT2D eigenvalue weighted by Crippen LogP contribution is 2.13. The van der Waals surface area contributed by atoms with Crippen LogP contribution in [0.1, 0.15) is 39.5 Å². The van der Waals surface area contributed by atoms with Gasteiger partial charge in [-0.2, -0.15) is 0 Å². The van der Waals surface area contributed by atoms with Crippen molar-refractivity contribution in [2.75, 3.05) is 40.0 Å². The van der Waals surface area contributed by atoms with E-state index in [1.807, 2.05) is 6.92 Å². The third-order valence-corrected chi connectivity index (χ3v) is 3.80. The normalized spacial score (nSPS) is 18.2. The van der Waals surface area contributed by atoms with Crippen LogP contribution in [0.15, 0.2) is 0 Å². The average molecular weight is 286 g/mol. The Balaban J connectivity index is 2.37. The van der Waals surface area contributed by atoms with Crippen LogP contribution in [0.4, 0.5) is 0 Å². The molecule has 0 aromatic rings. The van der Waals surface area contributed by atoms with Crippen molar-refractivity contribution in [2.45, 2.75) is 51.6 Å². The van der Waals surface area contributed by atoms with Crippen LogP contribution in [0, 0.1) is 0 Å². The zero-order chi connectivity index (χ0) is 14.8. The molecule has 0 aromatic heterocycles. The Morgan fingerprint density at radius 2 is 2.10 bits per heavy atom. The maximum atomic E-state index is 11.9. The molecule has 1 atom stereocenters. The van der Waals surface area contributed by atoms with Crippen molar-refractivity contribution in [3.05, 3.63) is 0 Å². The van der Waals surface area contributed by atoms with Crippen molar-refractivity contribution in [1.82, 2.24) is 10.2 Å². The lowest BCUT2D eigenvalue weighted by atomic mass is 10.1. The largest absolute Gasteiger partial charge is 0.465 e. The molecule has 118 valence electrons. The van der Waals surface area contributed by atoms with Crippen LogP contribution in [0.5, 0.6) is 0 Å². The van der Waals surface area contributed by atoms with E-state index in [-0.39, 0.29) is 12.0 Å². The van der Waals surface area contributed by atoms with Gasteiger partial charge < -0.3 is 19.7 Å². The van der Waals surface area contributed by atoms with E-state index in [0.29, 0.717) is 12.6 Å². The molecule has 0 aromatic carbocycles. The summed E-state index contributed by atoms with van der Waals surface area (Å²) >= 11 is 0. The first-order valence-corrected chi connectivity index (χ1v) is 7.87. The van der Waals surface area contributed by atoms with E-state index in [1.165, 1.54) is 0 Å². The summed E-state index contributed by atoms with van der Waals surface area (Å²) in [6.45, 7) is 7.86. The maximum Gasteiger partial charge on any atom is 0.323 e. The smallest absolute Gasteiger partial charge is 0.323 e. The molecule has 0 bridgehead atoms. The molecule has 0 aliphatic carbocycles. The minimum atomic E-state index is -0.183. The Kier molecular flexibility index (Phi) is 8.82. The van der Waals surface area contributed by atoms with Gasteiger partial charge in [0.25, 0.3) is 0 Å². The van der Waals surface area contributed by atoms with E-state index in [0.717, 1.165) is 52.0 Å². The zero-order valence-corrected chi connectivity index (χ0v) is 13.2. The summed E-state index contributed by atoms with van der Waals surface area (Å²) in [4.78, 5) is 14.3. The van der Waals surface area contributed by atoms with Crippen LogP contribution >= 0.6 is 0 Å². The van der Waals surface area contributed by atoms with Crippen LogP contribution in [-0.4, -0.2) is 62.9 Å². The lowest BCUT2D eigenvalue weighted by Gasteiger charge is -2.32. The molecule has 0 radical (unpaired) electrons. The molecule has 1 aliphatic heterocycles. The maximum absolute atomic E-state index is 11.9. The van der Waals surface area contributed by atoms with Gasteiger partial charge in [0, 0.05) is 25.8 Å². The second-order valence-electron chi connectivity index (χ2n) is 5.37. The first-order valence-electron chi connectivity index (χ1n) is 7.87. The number of hydrogen-bond donors (Lipinski definition) is 1. The van der Waals surface area contributed by atoms with E-state index < -0.39 is 0 Å². The number of carbonyl (C=O) groups excluding carboxylic acids is 1. The van der Waals surface area contributed by atoms with Gasteiger partial charge in [-0.1, -0.05) is 6.92 Å². The molecule has 1 heterocycles. The third kappa shape index (κ3) is 6.20. The van der Waals surface area contributed by atoms with E-state index in [2.05, 4.69) is 24.2 Å². The number of nitrogens with one attached hydrogen (secondary N) is 1. The third-order valence-electron chi connectivity index (χ3n) is 3.80. The van der Waals surface area contributed by atoms with Crippen molar-refractivity contribution < 1.29 is 14.3 Å². The fraction of sp³-hybridized carbons (Fsp3) is 0.933. The van der Waals surface area contributed by atoms with Crippen molar-refractivity contribution in [3.8, 4) is 0 Å². The standard InChI is InChI=1S/C15H30N2O3/c1-4-9-16-14(15(18)20-5-2)6-10-17(3)13-7-11-19-12-8-13/h13-14,16H,4-12H2,1-3H3. The summed E-state index contributed by atoms with van der Waals surface area (Å²) < 4.78 is 10.5. The second-order valence-corrected chi connectivity index (χ2v) is 5.37. The monoisotopic (exact) mass is 286 g/mol. The Morgan fingerprint density at radius 3 is 2.70 bits per heavy atom. The number of hydrogen-bond acceptors (Lipinski definition) is 5. The van der Waals surface area contributed by atoms with Crippen LogP contribution in [0.2, 0.25) is 0 Å². The SMILES string of the molecule is CCCNC(CCN(C)C1CCOCC1)C(=O)OCC. The predicted octanol–water partition coefficient (Wildman–Crippen LogP) is 1.42. The molecule has 5 nitrogen and oxygen atoms in total. The Morgan fingerprint density at radius 1 is 1.40 bits per heavy atom. The fourth-order valence-corrected chi connectivity index (χ4v) is 2.51. The predicted molar refractivity (Wildman–Crippen MR) is 79.8 cm³/mol. The molecule has 5 heteroatoms. The molecular formula is C15H30N2O3. The minimum Gasteiger partial charge on any atom is -0.465 e. The molecule has 1 saturated heterocycles. The van der Waals surface area contributed by atoms with Crippen LogP contribution in [-0.2, 0) is 14.3 Å². The summed E-state index contributed by atoms with van der Waals surface area (Å²) in [6.07, 6.45) is 3.99. The van der Waals surface area contributed by atoms with Crippen LogP contribution < -0.4 is 5.32 Å². The van der Waals surface area contributed by atoms with Gasteiger partial charge in [0.15, 0.2) is 0 Å². The molecule has 1 rings (SSSR count). The van der Waals surface area contributed by atoms with Gasteiger partial charge in [0.05, 0.1) is 6.61 Å². The summed E-state index contributed by atoms with van der Waals surface area (Å²) in [7, 11) is 2.14. The highest BCUT2D eigenvalue weighted by atomic mass is 16.5. The number of esters is 1.